The molecule has 80 valence electrons. The molecule has 2 rings (SSSR count). The predicted molar refractivity (Wildman–Crippen MR) is 61.9 cm³/mol. The highest BCUT2D eigenvalue weighted by Gasteiger charge is 2.30. The van der Waals surface area contributed by atoms with E-state index in [1.165, 1.54) is 51.4 Å². The lowest BCUT2D eigenvalue weighted by Gasteiger charge is -2.16. The van der Waals surface area contributed by atoms with Crippen molar-refractivity contribution in [3.8, 4) is 0 Å². The summed E-state index contributed by atoms with van der Waals surface area (Å²) in [5.74, 6) is 1.67. The van der Waals surface area contributed by atoms with Gasteiger partial charge in [0.2, 0.25) is 0 Å². The summed E-state index contributed by atoms with van der Waals surface area (Å²) < 4.78 is 0. The maximum atomic E-state index is 4.84. The monoisotopic (exact) mass is 193 g/mol. The van der Waals surface area contributed by atoms with Crippen molar-refractivity contribution in [3.63, 3.8) is 0 Å². The molecule has 1 fully saturated rings. The van der Waals surface area contributed by atoms with Crippen molar-refractivity contribution < 1.29 is 0 Å². The smallest absolute Gasteiger partial charge is 0.0388 e. The molecule has 0 aromatic rings. The van der Waals surface area contributed by atoms with E-state index in [0.29, 0.717) is 0 Å². The molecule has 1 aliphatic carbocycles. The molecule has 0 radical (unpaired) electrons. The summed E-state index contributed by atoms with van der Waals surface area (Å²) in [6, 6.07) is 0. The fourth-order valence-corrected chi connectivity index (χ4v) is 2.52. The van der Waals surface area contributed by atoms with Crippen molar-refractivity contribution >= 4 is 5.71 Å². The quantitative estimate of drug-likeness (QED) is 0.600. The second-order valence-electron chi connectivity index (χ2n) is 5.04. The van der Waals surface area contributed by atoms with Gasteiger partial charge in [-0.25, -0.2) is 0 Å². The Balaban J connectivity index is 1.95. The van der Waals surface area contributed by atoms with Crippen molar-refractivity contribution in [1.82, 2.24) is 0 Å². The van der Waals surface area contributed by atoms with Gasteiger partial charge < -0.3 is 0 Å². The normalized spacial score (nSPS) is 34.6. The Kier molecular flexibility index (Phi) is 3.61. The third kappa shape index (κ3) is 2.83. The Hall–Kier alpha value is -0.330. The first-order valence-electron chi connectivity index (χ1n) is 6.42. The SMILES string of the molecule is CC1CCCCCCC/N=C\1C1CC1. The van der Waals surface area contributed by atoms with Crippen LogP contribution >= 0.6 is 0 Å². The number of aliphatic imine (C=N–C) groups is 1. The van der Waals surface area contributed by atoms with Gasteiger partial charge in [0.1, 0.15) is 0 Å². The minimum Gasteiger partial charge on any atom is -0.294 e. The van der Waals surface area contributed by atoms with Gasteiger partial charge in [-0.05, 0) is 37.5 Å². The topological polar surface area (TPSA) is 12.4 Å². The van der Waals surface area contributed by atoms with Crippen LogP contribution in [0.2, 0.25) is 0 Å². The molecule has 0 amide bonds. The lowest BCUT2D eigenvalue weighted by molar-refractivity contribution is 0.543. The number of hydrogen-bond donors (Lipinski definition) is 0. The van der Waals surface area contributed by atoms with Crippen molar-refractivity contribution in [3.05, 3.63) is 0 Å². The van der Waals surface area contributed by atoms with Gasteiger partial charge in [-0.2, -0.15) is 0 Å². The van der Waals surface area contributed by atoms with E-state index in [-0.39, 0.29) is 0 Å². The van der Waals surface area contributed by atoms with Crippen LogP contribution in [0.5, 0.6) is 0 Å². The number of rotatable bonds is 1. The first kappa shape index (κ1) is 10.2. The summed E-state index contributed by atoms with van der Waals surface area (Å²) in [7, 11) is 0. The van der Waals surface area contributed by atoms with Crippen LogP contribution in [0.25, 0.3) is 0 Å². The molecule has 1 unspecified atom stereocenters. The fraction of sp³-hybridized carbons (Fsp3) is 0.923. The van der Waals surface area contributed by atoms with Crippen LogP contribution in [-0.2, 0) is 0 Å². The van der Waals surface area contributed by atoms with Gasteiger partial charge in [0, 0.05) is 12.3 Å². The highest BCUT2D eigenvalue weighted by atomic mass is 14.8. The van der Waals surface area contributed by atoms with Crippen LogP contribution in [0, 0.1) is 11.8 Å². The lowest BCUT2D eigenvalue weighted by atomic mass is 9.94. The molecule has 0 aromatic heterocycles. The summed E-state index contributed by atoms with van der Waals surface area (Å²) in [6.07, 6.45) is 11.2. The maximum absolute atomic E-state index is 4.84. The standard InChI is InChI=1S/C13H23N/c1-11-7-5-3-2-4-6-10-14-13(11)12-8-9-12/h11-12H,2-10H2,1H3/b14-13+. The van der Waals surface area contributed by atoms with Gasteiger partial charge in [0.05, 0.1) is 0 Å². The first-order chi connectivity index (χ1) is 6.88. The third-order valence-electron chi connectivity index (χ3n) is 3.59. The molecule has 1 nitrogen and oxygen atoms in total. The van der Waals surface area contributed by atoms with Crippen LogP contribution in [0.4, 0.5) is 0 Å². The molecule has 0 spiro atoms. The minimum atomic E-state index is 0.778. The van der Waals surface area contributed by atoms with Crippen molar-refractivity contribution in [2.24, 2.45) is 16.8 Å². The Morgan fingerprint density at radius 3 is 2.43 bits per heavy atom. The van der Waals surface area contributed by atoms with Crippen molar-refractivity contribution in [2.75, 3.05) is 6.54 Å². The predicted octanol–water partition coefficient (Wildman–Crippen LogP) is 3.83. The number of hydrogen-bond acceptors (Lipinski definition) is 1. The third-order valence-corrected chi connectivity index (χ3v) is 3.59. The van der Waals surface area contributed by atoms with E-state index in [2.05, 4.69) is 6.92 Å². The van der Waals surface area contributed by atoms with E-state index in [9.17, 15) is 0 Å². The Labute approximate surface area is 88.0 Å². The fourth-order valence-electron chi connectivity index (χ4n) is 2.52. The maximum Gasteiger partial charge on any atom is 0.0388 e. The summed E-state index contributed by atoms with van der Waals surface area (Å²) in [6.45, 7) is 3.49. The second kappa shape index (κ2) is 4.95. The summed E-state index contributed by atoms with van der Waals surface area (Å²) in [5.41, 5.74) is 1.58. The first-order valence-corrected chi connectivity index (χ1v) is 6.42. The molecule has 0 N–H and O–H groups in total. The van der Waals surface area contributed by atoms with E-state index in [0.717, 1.165) is 18.4 Å². The average molecular weight is 193 g/mol. The van der Waals surface area contributed by atoms with Crippen LogP contribution in [0.15, 0.2) is 4.99 Å². The number of nitrogens with zero attached hydrogens (tertiary/aromatic N) is 1. The van der Waals surface area contributed by atoms with Crippen LogP contribution in [-0.4, -0.2) is 12.3 Å². The lowest BCUT2D eigenvalue weighted by Crippen LogP contribution is -2.15. The molecule has 14 heavy (non-hydrogen) atoms. The molecule has 1 heteroatoms. The summed E-state index contributed by atoms with van der Waals surface area (Å²) in [4.78, 5) is 4.84. The zero-order valence-electron chi connectivity index (χ0n) is 9.47. The molecular weight excluding hydrogens is 170 g/mol. The Morgan fingerprint density at radius 1 is 0.929 bits per heavy atom. The van der Waals surface area contributed by atoms with Gasteiger partial charge in [-0.3, -0.25) is 4.99 Å². The largest absolute Gasteiger partial charge is 0.294 e. The second-order valence-corrected chi connectivity index (χ2v) is 5.04. The summed E-state index contributed by atoms with van der Waals surface area (Å²) >= 11 is 0. The van der Waals surface area contributed by atoms with E-state index in [4.69, 9.17) is 4.99 Å². The molecule has 2 aliphatic rings. The molecule has 1 saturated carbocycles. The molecule has 1 aliphatic heterocycles. The van der Waals surface area contributed by atoms with E-state index < -0.39 is 0 Å². The van der Waals surface area contributed by atoms with E-state index >= 15 is 0 Å². The van der Waals surface area contributed by atoms with Gasteiger partial charge >= 0.3 is 0 Å². The molecule has 0 aromatic carbocycles. The molecule has 1 atom stereocenters. The van der Waals surface area contributed by atoms with E-state index in [1.807, 2.05) is 0 Å². The molecule has 1 heterocycles. The van der Waals surface area contributed by atoms with Crippen LogP contribution < -0.4 is 0 Å². The average Bonchev–Trinajstić information content (AvgIpc) is 2.99. The summed E-state index contributed by atoms with van der Waals surface area (Å²) in [5, 5.41) is 0. The van der Waals surface area contributed by atoms with Crippen LogP contribution in [0.1, 0.15) is 58.3 Å². The molecule has 0 saturated heterocycles. The van der Waals surface area contributed by atoms with Crippen molar-refractivity contribution in [1.29, 1.82) is 0 Å². The van der Waals surface area contributed by atoms with Gasteiger partial charge in [-0.1, -0.05) is 32.6 Å². The zero-order valence-corrected chi connectivity index (χ0v) is 9.47. The highest BCUT2D eigenvalue weighted by Crippen LogP contribution is 2.35. The highest BCUT2D eigenvalue weighted by molar-refractivity contribution is 5.90. The molecular formula is C13H23N. The Morgan fingerprint density at radius 2 is 1.64 bits per heavy atom. The Bertz CT molecular complexity index is 203. The zero-order chi connectivity index (χ0) is 9.80. The van der Waals surface area contributed by atoms with Gasteiger partial charge in [-0.15, -0.1) is 0 Å². The molecule has 0 bridgehead atoms. The van der Waals surface area contributed by atoms with Gasteiger partial charge in [0.25, 0.3) is 0 Å². The minimum absolute atomic E-state index is 0.778. The van der Waals surface area contributed by atoms with Crippen molar-refractivity contribution in [2.45, 2.75) is 58.3 Å². The van der Waals surface area contributed by atoms with E-state index in [1.54, 1.807) is 5.71 Å². The van der Waals surface area contributed by atoms with Gasteiger partial charge in [0.15, 0.2) is 0 Å². The van der Waals surface area contributed by atoms with Crippen LogP contribution in [0.3, 0.4) is 0 Å².